The lowest BCUT2D eigenvalue weighted by Crippen LogP contribution is -2.29. The van der Waals surface area contributed by atoms with Gasteiger partial charge in [-0.05, 0) is 43.3 Å². The number of non-ortho nitro benzene ring substituents is 1. The fraction of sp³-hybridized carbons (Fsp3) is 0.0476. The van der Waals surface area contributed by atoms with Gasteiger partial charge in [0, 0.05) is 23.4 Å². The van der Waals surface area contributed by atoms with Gasteiger partial charge in [0.2, 0.25) is 0 Å². The van der Waals surface area contributed by atoms with Gasteiger partial charge >= 0.3 is 0 Å². The lowest BCUT2D eigenvalue weighted by Gasteiger charge is -2.13. The molecule has 0 saturated carbocycles. The van der Waals surface area contributed by atoms with E-state index in [0.717, 1.165) is 4.90 Å². The minimum atomic E-state index is -0.547. The van der Waals surface area contributed by atoms with E-state index in [9.17, 15) is 19.7 Å². The minimum Gasteiger partial charge on any atom is -0.268 e. The lowest BCUT2D eigenvalue weighted by molar-refractivity contribution is -0.384. The maximum Gasteiger partial charge on any atom is 0.269 e. The van der Waals surface area contributed by atoms with Gasteiger partial charge in [-0.25, -0.2) is 14.6 Å². The number of fused-ring (bicyclic) bond motifs is 3. The fourth-order valence-corrected chi connectivity index (χ4v) is 3.81. The number of aryl methyl sites for hydroxylation is 1. The first-order valence-electron chi connectivity index (χ1n) is 9.14. The highest BCUT2D eigenvalue weighted by Crippen LogP contribution is 2.35. The van der Waals surface area contributed by atoms with Crippen molar-refractivity contribution in [1.29, 1.82) is 0 Å². The zero-order valence-electron chi connectivity index (χ0n) is 15.9. The van der Waals surface area contributed by atoms with E-state index in [1.165, 1.54) is 30.5 Å². The zero-order chi connectivity index (χ0) is 21.9. The molecule has 0 atom stereocenters. The van der Waals surface area contributed by atoms with Crippen molar-refractivity contribution >= 4 is 45.8 Å². The first kappa shape index (κ1) is 18.9. The highest BCUT2D eigenvalue weighted by Gasteiger charge is 2.40. The molecule has 2 amide bonds. The number of benzene rings is 2. The maximum absolute atomic E-state index is 13.3. The summed E-state index contributed by atoms with van der Waals surface area (Å²) >= 11 is 5.97. The van der Waals surface area contributed by atoms with Crippen molar-refractivity contribution in [3.05, 3.63) is 86.7 Å². The number of rotatable bonds is 3. The monoisotopic (exact) mass is 433 g/mol. The molecule has 31 heavy (non-hydrogen) atoms. The Morgan fingerprint density at radius 3 is 2.26 bits per heavy atom. The van der Waals surface area contributed by atoms with Crippen molar-refractivity contribution in [3.63, 3.8) is 0 Å². The molecule has 0 spiro atoms. The van der Waals surface area contributed by atoms with Crippen LogP contribution < -0.4 is 4.90 Å². The molecule has 2 aromatic heterocycles. The quantitative estimate of drug-likeness (QED) is 0.273. The second-order valence-corrected chi connectivity index (χ2v) is 7.37. The van der Waals surface area contributed by atoms with Crippen LogP contribution in [0.4, 0.5) is 11.4 Å². The summed E-state index contributed by atoms with van der Waals surface area (Å²) in [6.45, 7) is 1.74. The number of nitro groups is 1. The lowest BCUT2D eigenvalue weighted by atomic mass is 10.1. The standard InChI is InChI=1S/C21H12ClN5O4/c1-11-17-18-16(10-23-19(17)26(24-11)14-4-2-12(22)3-5-14)20(28)25(21(18)29)13-6-8-15(9-7-13)27(30)31/h2-10H,1H3. The van der Waals surface area contributed by atoms with Crippen LogP contribution in [0, 0.1) is 17.0 Å². The van der Waals surface area contributed by atoms with Crippen LogP contribution in [-0.4, -0.2) is 31.5 Å². The molecule has 0 fully saturated rings. The third-order valence-corrected chi connectivity index (χ3v) is 5.36. The van der Waals surface area contributed by atoms with E-state index in [0.29, 0.717) is 27.4 Å². The van der Waals surface area contributed by atoms with E-state index in [2.05, 4.69) is 10.1 Å². The van der Waals surface area contributed by atoms with Gasteiger partial charge in [0.1, 0.15) is 0 Å². The molecule has 10 heteroatoms. The molecule has 0 N–H and O–H groups in total. The summed E-state index contributed by atoms with van der Waals surface area (Å²) in [5.41, 5.74) is 2.17. The molecule has 0 bridgehead atoms. The Kier molecular flexibility index (Phi) is 4.09. The summed E-state index contributed by atoms with van der Waals surface area (Å²) in [4.78, 5) is 42.0. The molecule has 3 heterocycles. The molecule has 0 radical (unpaired) electrons. The molecule has 2 aromatic carbocycles. The van der Waals surface area contributed by atoms with Crippen LogP contribution in [0.3, 0.4) is 0 Å². The number of halogens is 1. The number of pyridine rings is 1. The van der Waals surface area contributed by atoms with Crippen LogP contribution in [0.25, 0.3) is 16.7 Å². The molecule has 1 aliphatic rings. The molecule has 152 valence electrons. The second kappa shape index (κ2) is 6.71. The van der Waals surface area contributed by atoms with Gasteiger partial charge in [-0.3, -0.25) is 19.7 Å². The fourth-order valence-electron chi connectivity index (χ4n) is 3.68. The van der Waals surface area contributed by atoms with Crippen LogP contribution in [0.5, 0.6) is 0 Å². The number of nitro benzene ring substituents is 1. The molecule has 0 unspecified atom stereocenters. The molecule has 9 nitrogen and oxygen atoms in total. The Hall–Kier alpha value is -4.11. The van der Waals surface area contributed by atoms with Crippen molar-refractivity contribution in [1.82, 2.24) is 14.8 Å². The average Bonchev–Trinajstić information content (AvgIpc) is 3.23. The van der Waals surface area contributed by atoms with Gasteiger partial charge in [0.25, 0.3) is 17.5 Å². The number of amides is 2. The zero-order valence-corrected chi connectivity index (χ0v) is 16.7. The van der Waals surface area contributed by atoms with Gasteiger partial charge in [0.15, 0.2) is 5.65 Å². The van der Waals surface area contributed by atoms with E-state index in [1.54, 1.807) is 35.9 Å². The number of hydrogen-bond donors (Lipinski definition) is 0. The number of hydrogen-bond acceptors (Lipinski definition) is 6. The largest absolute Gasteiger partial charge is 0.269 e. The summed E-state index contributed by atoms with van der Waals surface area (Å²) in [7, 11) is 0. The predicted octanol–water partition coefficient (Wildman–Crippen LogP) is 4.09. The van der Waals surface area contributed by atoms with E-state index < -0.39 is 16.7 Å². The number of nitrogens with zero attached hydrogens (tertiary/aromatic N) is 5. The maximum atomic E-state index is 13.3. The molecular weight excluding hydrogens is 422 g/mol. The van der Waals surface area contributed by atoms with Gasteiger partial charge in [0.05, 0.1) is 38.5 Å². The summed E-state index contributed by atoms with van der Waals surface area (Å²) in [6, 6.07) is 12.2. The molecule has 0 aliphatic carbocycles. The number of aromatic nitrogens is 3. The second-order valence-electron chi connectivity index (χ2n) is 6.94. The van der Waals surface area contributed by atoms with Crippen LogP contribution >= 0.6 is 11.6 Å². The van der Waals surface area contributed by atoms with Crippen molar-refractivity contribution < 1.29 is 14.5 Å². The first-order valence-corrected chi connectivity index (χ1v) is 9.52. The Labute approximate surface area is 179 Å². The molecule has 0 saturated heterocycles. The van der Waals surface area contributed by atoms with Crippen LogP contribution in [-0.2, 0) is 0 Å². The summed E-state index contributed by atoms with van der Waals surface area (Å²) < 4.78 is 1.59. The molecule has 4 aromatic rings. The SMILES string of the molecule is Cc1nn(-c2ccc(Cl)cc2)c2ncc3c(c12)C(=O)N(c1ccc([N+](=O)[O-])cc1)C3=O. The van der Waals surface area contributed by atoms with Gasteiger partial charge in [-0.15, -0.1) is 0 Å². The van der Waals surface area contributed by atoms with Crippen molar-refractivity contribution in [3.8, 4) is 5.69 Å². The van der Waals surface area contributed by atoms with E-state index in [1.807, 2.05) is 0 Å². The number of imide groups is 1. The summed E-state index contributed by atoms with van der Waals surface area (Å²) in [6.07, 6.45) is 1.36. The molecule has 1 aliphatic heterocycles. The van der Waals surface area contributed by atoms with E-state index in [-0.39, 0.29) is 22.5 Å². The Bertz CT molecular complexity index is 1410. The number of carbonyl (C=O) groups excluding carboxylic acids is 2. The highest BCUT2D eigenvalue weighted by molar-refractivity contribution is 6.37. The van der Waals surface area contributed by atoms with Crippen LogP contribution in [0.2, 0.25) is 5.02 Å². The number of carbonyl (C=O) groups is 2. The van der Waals surface area contributed by atoms with Gasteiger partial charge < -0.3 is 0 Å². The summed E-state index contributed by atoms with van der Waals surface area (Å²) in [5.74, 6) is -1.07. The highest BCUT2D eigenvalue weighted by atomic mass is 35.5. The predicted molar refractivity (Wildman–Crippen MR) is 113 cm³/mol. The van der Waals surface area contributed by atoms with Gasteiger partial charge in [-0.1, -0.05) is 11.6 Å². The summed E-state index contributed by atoms with van der Waals surface area (Å²) in [5, 5.41) is 16.5. The third-order valence-electron chi connectivity index (χ3n) is 5.11. The van der Waals surface area contributed by atoms with E-state index >= 15 is 0 Å². The van der Waals surface area contributed by atoms with Crippen molar-refractivity contribution in [2.45, 2.75) is 6.92 Å². The Morgan fingerprint density at radius 2 is 1.61 bits per heavy atom. The third kappa shape index (κ3) is 2.78. The molecular formula is C21H12ClN5O4. The smallest absolute Gasteiger partial charge is 0.268 e. The Balaban J connectivity index is 1.65. The normalized spacial score (nSPS) is 13.2. The topological polar surface area (TPSA) is 111 Å². The van der Waals surface area contributed by atoms with Crippen molar-refractivity contribution in [2.24, 2.45) is 0 Å². The first-order chi connectivity index (χ1) is 14.9. The van der Waals surface area contributed by atoms with Gasteiger partial charge in [-0.2, -0.15) is 5.10 Å². The van der Waals surface area contributed by atoms with Crippen LogP contribution in [0.15, 0.2) is 54.7 Å². The van der Waals surface area contributed by atoms with Crippen molar-refractivity contribution in [2.75, 3.05) is 4.90 Å². The number of anilines is 1. The molecule has 5 rings (SSSR count). The van der Waals surface area contributed by atoms with E-state index in [4.69, 9.17) is 11.6 Å². The minimum absolute atomic E-state index is 0.135. The average molecular weight is 434 g/mol. The Morgan fingerprint density at radius 1 is 0.968 bits per heavy atom. The van der Waals surface area contributed by atoms with Crippen LogP contribution in [0.1, 0.15) is 26.4 Å².